The number of carbonyl (C=O) groups excluding carboxylic acids is 1. The van der Waals surface area contributed by atoms with Gasteiger partial charge in [0.1, 0.15) is 12.4 Å². The number of hydrogen-bond acceptors (Lipinski definition) is 3. The third kappa shape index (κ3) is 3.90. The van der Waals surface area contributed by atoms with Gasteiger partial charge in [-0.3, -0.25) is 4.79 Å². The number of nitrogens with one attached hydrogen (secondary N) is 1. The molecule has 1 N–H and O–H groups in total. The Kier molecular flexibility index (Phi) is 4.79. The van der Waals surface area contributed by atoms with E-state index in [1.165, 1.54) is 0 Å². The van der Waals surface area contributed by atoms with Crippen molar-refractivity contribution < 1.29 is 9.53 Å². The lowest BCUT2D eigenvalue weighted by Gasteiger charge is -2.13. The number of ether oxygens (including phenoxy) is 1. The van der Waals surface area contributed by atoms with E-state index in [4.69, 9.17) is 4.74 Å². The largest absolute Gasteiger partial charge is 0.492 e. The van der Waals surface area contributed by atoms with Crippen LogP contribution in [0.5, 0.6) is 5.75 Å². The first-order valence-corrected chi connectivity index (χ1v) is 5.22. The van der Waals surface area contributed by atoms with Gasteiger partial charge in [-0.15, -0.1) is 0 Å². The number of rotatable bonds is 6. The Morgan fingerprint density at radius 1 is 1.44 bits per heavy atom. The van der Waals surface area contributed by atoms with Crippen LogP contribution < -0.4 is 10.1 Å². The predicted molar refractivity (Wildman–Crippen MR) is 64.9 cm³/mol. The van der Waals surface area contributed by atoms with Gasteiger partial charge in [-0.1, -0.05) is 6.07 Å². The van der Waals surface area contributed by atoms with Crippen molar-refractivity contribution >= 4 is 12.1 Å². The molecule has 0 unspecified atom stereocenters. The molecule has 0 radical (unpaired) electrons. The van der Waals surface area contributed by atoms with E-state index in [0.717, 1.165) is 23.5 Å². The second kappa shape index (κ2) is 6.12. The first-order chi connectivity index (χ1) is 7.63. The van der Waals surface area contributed by atoms with Crippen LogP contribution in [0.4, 0.5) is 5.69 Å². The smallest absolute Gasteiger partial charge is 0.211 e. The number of nitrogens with zero attached hydrogens (tertiary/aromatic N) is 1. The van der Waals surface area contributed by atoms with Crippen LogP contribution >= 0.6 is 0 Å². The van der Waals surface area contributed by atoms with Crippen LogP contribution in [-0.4, -0.2) is 38.6 Å². The fourth-order valence-electron chi connectivity index (χ4n) is 1.25. The lowest BCUT2D eigenvalue weighted by atomic mass is 10.2. The van der Waals surface area contributed by atoms with E-state index >= 15 is 0 Å². The zero-order valence-corrected chi connectivity index (χ0v) is 9.99. The normalized spacial score (nSPS) is 10.2. The molecule has 0 heterocycles. The lowest BCUT2D eigenvalue weighted by Crippen LogP contribution is -2.19. The number of aryl methyl sites for hydroxylation is 1. The highest BCUT2D eigenvalue weighted by Crippen LogP contribution is 2.22. The van der Waals surface area contributed by atoms with E-state index in [2.05, 4.69) is 10.2 Å². The summed E-state index contributed by atoms with van der Waals surface area (Å²) in [6.07, 6.45) is 0.661. The lowest BCUT2D eigenvalue weighted by molar-refractivity contribution is -0.105. The van der Waals surface area contributed by atoms with Crippen LogP contribution in [0.1, 0.15) is 5.56 Å². The molecule has 0 atom stereocenters. The minimum atomic E-state index is 0.637. The molecular weight excluding hydrogens is 204 g/mol. The van der Waals surface area contributed by atoms with Gasteiger partial charge in [-0.25, -0.2) is 0 Å². The van der Waals surface area contributed by atoms with Gasteiger partial charge in [0.15, 0.2) is 0 Å². The molecule has 0 fully saturated rings. The maximum Gasteiger partial charge on any atom is 0.211 e. The van der Waals surface area contributed by atoms with Gasteiger partial charge in [-0.2, -0.15) is 0 Å². The Morgan fingerprint density at radius 2 is 2.19 bits per heavy atom. The van der Waals surface area contributed by atoms with Crippen LogP contribution in [0.3, 0.4) is 0 Å². The van der Waals surface area contributed by atoms with Crippen molar-refractivity contribution in [3.8, 4) is 5.75 Å². The Morgan fingerprint density at radius 3 is 2.81 bits per heavy atom. The van der Waals surface area contributed by atoms with Gasteiger partial charge in [0.2, 0.25) is 6.41 Å². The number of amides is 1. The van der Waals surface area contributed by atoms with Crippen molar-refractivity contribution in [2.75, 3.05) is 32.6 Å². The van der Waals surface area contributed by atoms with E-state index < -0.39 is 0 Å². The predicted octanol–water partition coefficient (Wildman–Crippen LogP) is 1.50. The minimum absolute atomic E-state index is 0.637. The average molecular weight is 222 g/mol. The van der Waals surface area contributed by atoms with Gasteiger partial charge >= 0.3 is 0 Å². The molecule has 0 aliphatic rings. The summed E-state index contributed by atoms with van der Waals surface area (Å²) in [5.74, 6) is 0.814. The molecule has 0 saturated carbocycles. The van der Waals surface area contributed by atoms with E-state index in [1.807, 2.05) is 39.2 Å². The Balaban J connectivity index is 2.62. The summed E-state index contributed by atoms with van der Waals surface area (Å²) in [5.41, 5.74) is 1.82. The topological polar surface area (TPSA) is 41.6 Å². The molecule has 88 valence electrons. The molecule has 4 nitrogen and oxygen atoms in total. The van der Waals surface area contributed by atoms with Crippen molar-refractivity contribution in [1.82, 2.24) is 4.90 Å². The first kappa shape index (κ1) is 12.5. The molecule has 1 aromatic rings. The summed E-state index contributed by atoms with van der Waals surface area (Å²) >= 11 is 0. The van der Waals surface area contributed by atoms with Crippen LogP contribution in [-0.2, 0) is 4.79 Å². The molecule has 0 aliphatic heterocycles. The van der Waals surface area contributed by atoms with Gasteiger partial charge in [0.05, 0.1) is 0 Å². The standard InChI is InChI=1S/C12H18N2O2/c1-10-4-5-11(13-9-15)8-12(10)16-7-6-14(2)3/h4-5,8-9H,6-7H2,1-3H3,(H,13,15). The maximum absolute atomic E-state index is 10.3. The highest BCUT2D eigenvalue weighted by Gasteiger charge is 2.01. The third-order valence-electron chi connectivity index (χ3n) is 2.21. The number of likely N-dealkylation sites (N-methyl/N-ethyl adjacent to an activating group) is 1. The fourth-order valence-corrected chi connectivity index (χ4v) is 1.25. The van der Waals surface area contributed by atoms with Gasteiger partial charge in [0.25, 0.3) is 0 Å². The average Bonchev–Trinajstić information content (AvgIpc) is 2.22. The Labute approximate surface area is 96.2 Å². The number of hydrogen-bond donors (Lipinski definition) is 1. The summed E-state index contributed by atoms with van der Waals surface area (Å²) in [6, 6.07) is 5.61. The highest BCUT2D eigenvalue weighted by atomic mass is 16.5. The van der Waals surface area contributed by atoms with E-state index in [1.54, 1.807) is 0 Å². The van der Waals surface area contributed by atoms with Crippen molar-refractivity contribution in [3.63, 3.8) is 0 Å². The highest BCUT2D eigenvalue weighted by molar-refractivity contribution is 5.72. The van der Waals surface area contributed by atoms with E-state index in [-0.39, 0.29) is 0 Å². The second-order valence-electron chi connectivity index (χ2n) is 3.89. The van der Waals surface area contributed by atoms with Crippen LogP contribution in [0.25, 0.3) is 0 Å². The van der Waals surface area contributed by atoms with E-state index in [0.29, 0.717) is 13.0 Å². The zero-order chi connectivity index (χ0) is 12.0. The van der Waals surface area contributed by atoms with Crippen molar-refractivity contribution in [2.24, 2.45) is 0 Å². The molecule has 1 rings (SSSR count). The number of anilines is 1. The zero-order valence-electron chi connectivity index (χ0n) is 9.99. The summed E-state index contributed by atoms with van der Waals surface area (Å²) in [6.45, 7) is 3.48. The maximum atomic E-state index is 10.3. The van der Waals surface area contributed by atoms with Crippen LogP contribution in [0.2, 0.25) is 0 Å². The molecule has 1 aromatic carbocycles. The van der Waals surface area contributed by atoms with Crippen LogP contribution in [0.15, 0.2) is 18.2 Å². The molecule has 0 saturated heterocycles. The van der Waals surface area contributed by atoms with Gasteiger partial charge in [-0.05, 0) is 32.6 Å². The van der Waals surface area contributed by atoms with Crippen molar-refractivity contribution in [2.45, 2.75) is 6.92 Å². The SMILES string of the molecule is Cc1ccc(NC=O)cc1OCCN(C)C. The summed E-state index contributed by atoms with van der Waals surface area (Å²) in [7, 11) is 4.00. The second-order valence-corrected chi connectivity index (χ2v) is 3.89. The molecule has 16 heavy (non-hydrogen) atoms. The number of carbonyl (C=O) groups is 1. The van der Waals surface area contributed by atoms with Crippen molar-refractivity contribution in [3.05, 3.63) is 23.8 Å². The number of benzene rings is 1. The van der Waals surface area contributed by atoms with Gasteiger partial charge < -0.3 is 15.0 Å². The monoisotopic (exact) mass is 222 g/mol. The quantitative estimate of drug-likeness (QED) is 0.742. The van der Waals surface area contributed by atoms with Crippen LogP contribution in [0, 0.1) is 6.92 Å². The Bertz CT molecular complexity index is 351. The van der Waals surface area contributed by atoms with Crippen molar-refractivity contribution in [1.29, 1.82) is 0 Å². The first-order valence-electron chi connectivity index (χ1n) is 5.22. The molecule has 0 bridgehead atoms. The fraction of sp³-hybridized carbons (Fsp3) is 0.417. The molecular formula is C12H18N2O2. The summed E-state index contributed by atoms with van der Waals surface area (Å²) in [4.78, 5) is 12.4. The molecule has 0 spiro atoms. The Hall–Kier alpha value is -1.55. The summed E-state index contributed by atoms with van der Waals surface area (Å²) < 4.78 is 5.64. The van der Waals surface area contributed by atoms with E-state index in [9.17, 15) is 4.79 Å². The molecule has 0 aromatic heterocycles. The molecule has 0 aliphatic carbocycles. The van der Waals surface area contributed by atoms with Gasteiger partial charge in [0, 0.05) is 18.3 Å². The molecule has 1 amide bonds. The summed E-state index contributed by atoms with van der Waals surface area (Å²) in [5, 5.41) is 2.60. The third-order valence-corrected chi connectivity index (χ3v) is 2.21. The minimum Gasteiger partial charge on any atom is -0.492 e. The molecule has 4 heteroatoms.